The Morgan fingerprint density at radius 1 is 1.03 bits per heavy atom. The van der Waals surface area contributed by atoms with Gasteiger partial charge < -0.3 is 30.0 Å². The van der Waals surface area contributed by atoms with E-state index in [4.69, 9.17) is 9.15 Å². The monoisotopic (exact) mass is 926 g/mol. The lowest BCUT2D eigenvalue weighted by Gasteiger charge is -2.36. The lowest BCUT2D eigenvalue weighted by molar-refractivity contribution is -0.138. The Balaban J connectivity index is 0.719. The maximum atomic E-state index is 14.2. The van der Waals surface area contributed by atoms with Crippen LogP contribution in [0.2, 0.25) is 0 Å². The van der Waals surface area contributed by atoms with Gasteiger partial charge >= 0.3 is 5.69 Å². The number of aryl methyl sites for hydroxylation is 1. The van der Waals surface area contributed by atoms with Gasteiger partial charge in [0.2, 0.25) is 23.6 Å². The van der Waals surface area contributed by atoms with Crippen LogP contribution < -0.4 is 27.0 Å². The SMILES string of the molecule is CN(C[C@@H]1CN(CCNCc2ccc3c(c2)n(C)c(=O)n3C2CCC(=O)NC2=O)CCO1)C(=O)C1CCC(n2cc(NC(=O)c3coc(-c4ccnc(NCC5CC5)c4)n3)c(C(F)F)n2)CC1. The molecule has 21 heteroatoms. The number of imide groups is 1. The van der Waals surface area contributed by atoms with Crippen LogP contribution in [0.25, 0.3) is 22.5 Å². The number of hydrogen-bond acceptors (Lipinski definition) is 13. The zero-order chi connectivity index (χ0) is 46.8. The van der Waals surface area contributed by atoms with Gasteiger partial charge in [0.15, 0.2) is 11.4 Å². The zero-order valence-corrected chi connectivity index (χ0v) is 37.6. The van der Waals surface area contributed by atoms with Crippen molar-refractivity contribution in [3.05, 3.63) is 76.4 Å². The number of anilines is 2. The van der Waals surface area contributed by atoms with Gasteiger partial charge in [-0.3, -0.25) is 43.2 Å². The molecule has 1 aromatic carbocycles. The molecule has 9 rings (SSSR count). The number of hydrogen-bond donors (Lipinski definition) is 4. The number of nitrogens with one attached hydrogen (secondary N) is 4. The van der Waals surface area contributed by atoms with Gasteiger partial charge in [-0.1, -0.05) is 6.07 Å². The van der Waals surface area contributed by atoms with E-state index in [1.165, 1.54) is 39.1 Å². The second kappa shape index (κ2) is 19.9. The topological polar surface area (TPSA) is 216 Å². The second-order valence-corrected chi connectivity index (χ2v) is 18.2. The average molecular weight is 927 g/mol. The Morgan fingerprint density at radius 3 is 2.63 bits per heavy atom. The van der Waals surface area contributed by atoms with Crippen molar-refractivity contribution in [2.24, 2.45) is 18.9 Å². The maximum absolute atomic E-state index is 14.2. The number of pyridine rings is 1. The van der Waals surface area contributed by atoms with Gasteiger partial charge in [-0.15, -0.1) is 0 Å². The highest BCUT2D eigenvalue weighted by atomic mass is 19.3. The molecule has 0 radical (unpaired) electrons. The minimum Gasteiger partial charge on any atom is -0.444 e. The number of likely N-dealkylation sites (N-methyl/N-ethyl adjacent to an activating group) is 1. The number of alkyl halides is 2. The van der Waals surface area contributed by atoms with E-state index < -0.39 is 30.0 Å². The fourth-order valence-electron chi connectivity index (χ4n) is 9.39. The van der Waals surface area contributed by atoms with Gasteiger partial charge in [-0.05, 0) is 80.7 Å². The summed E-state index contributed by atoms with van der Waals surface area (Å²) in [5.74, 6) is -0.181. The molecule has 0 spiro atoms. The van der Waals surface area contributed by atoms with Crippen molar-refractivity contribution in [2.45, 2.75) is 82.5 Å². The van der Waals surface area contributed by atoms with E-state index in [1.54, 1.807) is 37.3 Å². The largest absolute Gasteiger partial charge is 0.444 e. The molecule has 4 fully saturated rings. The molecule has 2 saturated carbocycles. The normalized spacial score (nSPS) is 21.4. The number of rotatable bonds is 17. The number of nitrogens with zero attached hydrogens (tertiary/aromatic N) is 8. The summed E-state index contributed by atoms with van der Waals surface area (Å²) in [5.41, 5.74) is 1.93. The van der Waals surface area contributed by atoms with Crippen molar-refractivity contribution in [3.8, 4) is 11.5 Å². The van der Waals surface area contributed by atoms with Crippen LogP contribution in [0.1, 0.15) is 91.6 Å². The summed E-state index contributed by atoms with van der Waals surface area (Å²) in [4.78, 5) is 76.9. The predicted octanol–water partition coefficient (Wildman–Crippen LogP) is 4.26. The summed E-state index contributed by atoms with van der Waals surface area (Å²) >= 11 is 0. The van der Waals surface area contributed by atoms with Crippen LogP contribution in [0.5, 0.6) is 0 Å². The Kier molecular flexibility index (Phi) is 13.6. The Morgan fingerprint density at radius 2 is 1.85 bits per heavy atom. The number of halogens is 2. The molecule has 4 aliphatic rings. The molecular weight excluding hydrogens is 871 g/mol. The average Bonchev–Trinajstić information content (AvgIpc) is 3.74. The third-order valence-corrected chi connectivity index (χ3v) is 13.3. The molecule has 2 aliphatic heterocycles. The Labute approximate surface area is 384 Å². The number of piperidine rings is 1. The smallest absolute Gasteiger partial charge is 0.329 e. The Hall–Kier alpha value is -6.32. The van der Waals surface area contributed by atoms with Gasteiger partial charge in [-0.2, -0.15) is 5.10 Å². The molecule has 2 saturated heterocycles. The molecule has 6 heterocycles. The fraction of sp³-hybridized carbons (Fsp3) is 0.522. The molecule has 2 atom stereocenters. The number of carbonyl (C=O) groups excluding carboxylic acids is 4. The Bertz CT molecular complexity index is 2680. The minimum atomic E-state index is -2.93. The summed E-state index contributed by atoms with van der Waals surface area (Å²) in [6, 6.07) is 8.26. The number of imidazole rings is 1. The van der Waals surface area contributed by atoms with Crippen LogP contribution in [0.15, 0.2) is 58.2 Å². The van der Waals surface area contributed by atoms with Gasteiger partial charge in [-0.25, -0.2) is 23.5 Å². The van der Waals surface area contributed by atoms with E-state index in [-0.39, 0.29) is 65.7 Å². The summed E-state index contributed by atoms with van der Waals surface area (Å²) in [7, 11) is 3.47. The molecule has 5 aromatic rings. The number of ether oxygens (including phenoxy) is 1. The maximum Gasteiger partial charge on any atom is 0.329 e. The summed E-state index contributed by atoms with van der Waals surface area (Å²) in [6.45, 7) is 5.29. The van der Waals surface area contributed by atoms with Crippen LogP contribution >= 0.6 is 0 Å². The van der Waals surface area contributed by atoms with E-state index in [0.29, 0.717) is 86.8 Å². The first kappa shape index (κ1) is 45.8. The molecule has 4 amide bonds. The van der Waals surface area contributed by atoms with Gasteiger partial charge in [0.05, 0.1) is 35.5 Å². The first-order chi connectivity index (χ1) is 32.4. The van der Waals surface area contributed by atoms with Crippen LogP contribution in [-0.4, -0.2) is 121 Å². The first-order valence-corrected chi connectivity index (χ1v) is 23.1. The fourth-order valence-corrected chi connectivity index (χ4v) is 9.39. The number of fused-ring (bicyclic) bond motifs is 1. The molecule has 19 nitrogen and oxygen atoms in total. The van der Waals surface area contributed by atoms with Crippen molar-refractivity contribution in [1.29, 1.82) is 0 Å². The van der Waals surface area contributed by atoms with Crippen LogP contribution in [0.3, 0.4) is 0 Å². The number of carbonyl (C=O) groups is 4. The van der Waals surface area contributed by atoms with E-state index >= 15 is 0 Å². The van der Waals surface area contributed by atoms with Crippen molar-refractivity contribution >= 4 is 46.2 Å². The van der Waals surface area contributed by atoms with E-state index in [9.17, 15) is 32.8 Å². The van der Waals surface area contributed by atoms with Crippen molar-refractivity contribution in [1.82, 2.24) is 49.3 Å². The van der Waals surface area contributed by atoms with Crippen LogP contribution in [0, 0.1) is 11.8 Å². The molecule has 356 valence electrons. The van der Waals surface area contributed by atoms with E-state index in [2.05, 4.69) is 41.2 Å². The number of morpholine rings is 1. The third-order valence-electron chi connectivity index (χ3n) is 13.3. The summed E-state index contributed by atoms with van der Waals surface area (Å²) < 4.78 is 44.6. The molecule has 67 heavy (non-hydrogen) atoms. The predicted molar refractivity (Wildman–Crippen MR) is 241 cm³/mol. The molecular formula is C46H56F2N12O7. The molecule has 4 N–H and O–H groups in total. The number of benzene rings is 1. The number of aromatic nitrogens is 6. The molecule has 4 aromatic heterocycles. The first-order valence-electron chi connectivity index (χ1n) is 23.1. The van der Waals surface area contributed by atoms with Crippen molar-refractivity contribution in [2.75, 3.05) is 63.6 Å². The molecule has 0 bridgehead atoms. The van der Waals surface area contributed by atoms with Gasteiger partial charge in [0, 0.05) is 90.2 Å². The minimum absolute atomic E-state index is 0.0222. The number of amides is 4. The lowest BCUT2D eigenvalue weighted by Crippen LogP contribution is -2.50. The zero-order valence-electron chi connectivity index (χ0n) is 37.6. The molecule has 1 unspecified atom stereocenters. The third kappa shape index (κ3) is 10.5. The van der Waals surface area contributed by atoms with E-state index in [0.717, 1.165) is 25.2 Å². The standard InChI is InChI=1S/C46H56F2N12O7/c1-56(23-32-24-58(17-18-66-32)16-15-49-21-28-5-10-35-37(19-28)57(2)46(65)60(35)36-11-12-39(61)54-43(36)63)45(64)29-6-8-31(9-7-29)59-25-33(40(55-59)41(47)48)52-42(62)34-26-67-44(53-34)30-13-14-50-38(20-30)51-22-27-3-4-27/h5,10,13-14,19-20,25-27,29,31-32,36,41,49H,3-4,6-9,11-12,15-18,21-24H2,1-2H3,(H,50,51)(H,52,62)(H,54,61,63)/t29?,31?,32-,36?/m1/s1. The highest BCUT2D eigenvalue weighted by Crippen LogP contribution is 2.36. The van der Waals surface area contributed by atoms with E-state index in [1.807, 2.05) is 18.2 Å². The summed E-state index contributed by atoms with van der Waals surface area (Å²) in [6.07, 6.45) is 6.24. The lowest BCUT2D eigenvalue weighted by atomic mass is 9.85. The van der Waals surface area contributed by atoms with Crippen LogP contribution in [-0.2, 0) is 32.7 Å². The quantitative estimate of drug-likeness (QED) is 0.0759. The van der Waals surface area contributed by atoms with Crippen molar-refractivity contribution < 1.29 is 37.1 Å². The highest BCUT2D eigenvalue weighted by Gasteiger charge is 2.34. The molecule has 2 aliphatic carbocycles. The number of oxazole rings is 1. The second-order valence-electron chi connectivity index (χ2n) is 18.2. The highest BCUT2D eigenvalue weighted by molar-refractivity contribution is 6.03. The van der Waals surface area contributed by atoms with Gasteiger partial charge in [0.25, 0.3) is 12.3 Å². The van der Waals surface area contributed by atoms with Crippen LogP contribution in [0.4, 0.5) is 20.3 Å². The summed E-state index contributed by atoms with van der Waals surface area (Å²) in [5, 5.41) is 15.9. The van der Waals surface area contributed by atoms with Gasteiger partial charge in [0.1, 0.15) is 18.1 Å². The van der Waals surface area contributed by atoms with Crippen molar-refractivity contribution in [3.63, 3.8) is 0 Å².